The van der Waals surface area contributed by atoms with Crippen LogP contribution in [0.25, 0.3) is 22.0 Å². The molecule has 5 rings (SSSR count). The van der Waals surface area contributed by atoms with E-state index < -0.39 is 0 Å². The Morgan fingerprint density at radius 3 is 2.90 bits per heavy atom. The van der Waals surface area contributed by atoms with Gasteiger partial charge in [0.05, 0.1) is 12.3 Å². The molecule has 0 unspecified atom stereocenters. The number of ether oxygens (including phenoxy) is 1. The molecule has 0 spiro atoms. The molecule has 31 heavy (non-hydrogen) atoms. The van der Waals surface area contributed by atoms with Crippen molar-refractivity contribution in [2.75, 3.05) is 36.8 Å². The molecule has 0 radical (unpaired) electrons. The first-order valence-electron chi connectivity index (χ1n) is 10.0. The van der Waals surface area contributed by atoms with E-state index in [4.69, 9.17) is 4.74 Å². The molecule has 3 aromatic heterocycles. The number of pyridine rings is 2. The Kier molecular flexibility index (Phi) is 4.78. The van der Waals surface area contributed by atoms with Gasteiger partial charge in [0, 0.05) is 79.2 Å². The maximum atomic E-state index is 14.5. The number of anilines is 2. The molecule has 0 amide bonds. The van der Waals surface area contributed by atoms with Crippen LogP contribution in [-0.2, 0) is 13.0 Å². The highest BCUT2D eigenvalue weighted by atomic mass is 19.1. The van der Waals surface area contributed by atoms with Crippen molar-refractivity contribution in [3.8, 4) is 17.0 Å². The largest absolute Gasteiger partial charge is 0.493 e. The smallest absolute Gasteiger partial charge is 0.150 e. The van der Waals surface area contributed by atoms with Gasteiger partial charge in [-0.05, 0) is 18.2 Å². The number of fused-ring (bicyclic) bond motifs is 2. The molecule has 8 nitrogen and oxygen atoms in total. The van der Waals surface area contributed by atoms with Crippen LogP contribution in [0.15, 0.2) is 42.9 Å². The molecular formula is C22H22FN7O. The molecule has 4 heterocycles. The van der Waals surface area contributed by atoms with Crippen molar-refractivity contribution in [2.24, 2.45) is 0 Å². The van der Waals surface area contributed by atoms with Crippen molar-refractivity contribution in [1.82, 2.24) is 19.9 Å². The third-order valence-corrected chi connectivity index (χ3v) is 5.52. The van der Waals surface area contributed by atoms with E-state index in [-0.39, 0.29) is 5.82 Å². The van der Waals surface area contributed by atoms with Crippen LogP contribution in [0.4, 0.5) is 16.0 Å². The summed E-state index contributed by atoms with van der Waals surface area (Å²) in [6, 6.07) is 7.00. The van der Waals surface area contributed by atoms with Crippen molar-refractivity contribution in [3.63, 3.8) is 0 Å². The molecule has 0 saturated carbocycles. The second-order valence-electron chi connectivity index (χ2n) is 7.20. The fourth-order valence-corrected chi connectivity index (χ4v) is 3.97. The standard InChI is InChI=1S/C22H22FN7O/c1-24-21-9-19(30(25-2)29-21)17-12-28-22(14-5-7-26-10-15(14)17)27-11-16-13-6-8-31-20(13)4-3-18(16)23/h3-5,7,9-10,12,25H,6,8,11H2,1-2H3,(H,24,29)(H,27,28). The van der Waals surface area contributed by atoms with Crippen molar-refractivity contribution in [1.29, 1.82) is 0 Å². The second kappa shape index (κ2) is 7.75. The Hall–Kier alpha value is -3.88. The Bertz CT molecular complexity index is 1270. The summed E-state index contributed by atoms with van der Waals surface area (Å²) in [6.07, 6.45) is 6.02. The van der Waals surface area contributed by atoms with Gasteiger partial charge in [-0.1, -0.05) is 0 Å². The number of benzene rings is 1. The van der Waals surface area contributed by atoms with E-state index in [0.717, 1.165) is 39.2 Å². The summed E-state index contributed by atoms with van der Waals surface area (Å²) in [7, 11) is 3.62. The maximum Gasteiger partial charge on any atom is 0.150 e. The first kappa shape index (κ1) is 19.1. The zero-order valence-corrected chi connectivity index (χ0v) is 17.2. The fourth-order valence-electron chi connectivity index (χ4n) is 3.97. The molecule has 0 aliphatic carbocycles. The first-order valence-corrected chi connectivity index (χ1v) is 10.0. The van der Waals surface area contributed by atoms with Crippen molar-refractivity contribution in [2.45, 2.75) is 13.0 Å². The topological polar surface area (TPSA) is 88.9 Å². The summed E-state index contributed by atoms with van der Waals surface area (Å²) < 4.78 is 20.1. The zero-order chi connectivity index (χ0) is 21.4. The molecule has 1 aromatic carbocycles. The summed E-state index contributed by atoms with van der Waals surface area (Å²) in [5, 5.41) is 12.6. The average Bonchev–Trinajstić information content (AvgIpc) is 3.45. The lowest BCUT2D eigenvalue weighted by Gasteiger charge is -2.14. The van der Waals surface area contributed by atoms with E-state index >= 15 is 0 Å². The van der Waals surface area contributed by atoms with Crippen molar-refractivity contribution in [3.05, 3.63) is 59.8 Å². The summed E-state index contributed by atoms with van der Waals surface area (Å²) >= 11 is 0. The predicted molar refractivity (Wildman–Crippen MR) is 119 cm³/mol. The van der Waals surface area contributed by atoms with Gasteiger partial charge >= 0.3 is 0 Å². The molecule has 0 saturated heterocycles. The number of halogens is 1. The minimum Gasteiger partial charge on any atom is -0.493 e. The van der Waals surface area contributed by atoms with Crippen LogP contribution in [0.3, 0.4) is 0 Å². The van der Waals surface area contributed by atoms with Crippen LogP contribution >= 0.6 is 0 Å². The minimum absolute atomic E-state index is 0.239. The normalized spacial score (nSPS) is 12.5. The maximum absolute atomic E-state index is 14.5. The molecule has 0 atom stereocenters. The first-order chi connectivity index (χ1) is 15.2. The molecule has 3 N–H and O–H groups in total. The van der Waals surface area contributed by atoms with Gasteiger partial charge in [0.2, 0.25) is 0 Å². The zero-order valence-electron chi connectivity index (χ0n) is 17.2. The van der Waals surface area contributed by atoms with E-state index in [2.05, 4.69) is 31.1 Å². The van der Waals surface area contributed by atoms with Crippen LogP contribution < -0.4 is 20.8 Å². The average molecular weight is 419 g/mol. The Labute approximate surface area is 178 Å². The van der Waals surface area contributed by atoms with Crippen LogP contribution in [0.2, 0.25) is 0 Å². The van der Waals surface area contributed by atoms with E-state index in [0.29, 0.717) is 31.0 Å². The highest BCUT2D eigenvalue weighted by Gasteiger charge is 2.20. The fraction of sp³-hybridized carbons (Fsp3) is 0.227. The monoisotopic (exact) mass is 419 g/mol. The predicted octanol–water partition coefficient (Wildman–Crippen LogP) is 3.39. The molecule has 158 valence electrons. The molecule has 1 aliphatic heterocycles. The number of nitrogens with one attached hydrogen (secondary N) is 3. The van der Waals surface area contributed by atoms with Gasteiger partial charge in [0.15, 0.2) is 5.82 Å². The second-order valence-corrected chi connectivity index (χ2v) is 7.20. The Balaban J connectivity index is 1.53. The number of hydrogen-bond acceptors (Lipinski definition) is 7. The Morgan fingerprint density at radius 1 is 1.16 bits per heavy atom. The number of rotatable bonds is 6. The quantitative estimate of drug-likeness (QED) is 0.441. The highest BCUT2D eigenvalue weighted by Crippen LogP contribution is 2.34. The molecule has 0 bridgehead atoms. The third-order valence-electron chi connectivity index (χ3n) is 5.52. The third kappa shape index (κ3) is 3.27. The molecule has 9 heteroatoms. The Morgan fingerprint density at radius 2 is 2.06 bits per heavy atom. The lowest BCUT2D eigenvalue weighted by molar-refractivity contribution is 0.356. The summed E-state index contributed by atoms with van der Waals surface area (Å²) in [5.41, 5.74) is 6.34. The minimum atomic E-state index is -0.239. The molecular weight excluding hydrogens is 397 g/mol. The summed E-state index contributed by atoms with van der Waals surface area (Å²) in [4.78, 5) is 10.6. The molecule has 4 aromatic rings. The van der Waals surface area contributed by atoms with E-state index in [1.807, 2.05) is 19.2 Å². The SMILES string of the molecule is CNc1cc(-c2cnc(NCc3c(F)ccc4c3CCO4)c3ccncc23)n(NC)n1. The number of nitrogens with zero attached hydrogens (tertiary/aromatic N) is 4. The van der Waals surface area contributed by atoms with Crippen LogP contribution in [-0.4, -0.2) is 40.6 Å². The number of aromatic nitrogens is 4. The summed E-state index contributed by atoms with van der Waals surface area (Å²) in [5.74, 6) is 1.92. The lowest BCUT2D eigenvalue weighted by Crippen LogP contribution is -2.12. The van der Waals surface area contributed by atoms with Gasteiger partial charge < -0.3 is 20.8 Å². The molecule has 0 fully saturated rings. The molecule has 1 aliphatic rings. The highest BCUT2D eigenvalue weighted by molar-refractivity contribution is 6.00. The van der Waals surface area contributed by atoms with Gasteiger partial charge in [0.1, 0.15) is 17.4 Å². The van der Waals surface area contributed by atoms with Crippen molar-refractivity contribution >= 4 is 22.4 Å². The summed E-state index contributed by atoms with van der Waals surface area (Å²) in [6.45, 7) is 0.904. The lowest BCUT2D eigenvalue weighted by atomic mass is 10.0. The van der Waals surface area contributed by atoms with E-state index in [1.54, 1.807) is 36.5 Å². The van der Waals surface area contributed by atoms with Gasteiger partial charge in [-0.25, -0.2) is 9.37 Å². The van der Waals surface area contributed by atoms with Crippen LogP contribution in [0.1, 0.15) is 11.1 Å². The van der Waals surface area contributed by atoms with Crippen LogP contribution in [0.5, 0.6) is 5.75 Å². The van der Waals surface area contributed by atoms with E-state index in [1.165, 1.54) is 6.07 Å². The van der Waals surface area contributed by atoms with Gasteiger partial charge in [-0.3, -0.25) is 4.98 Å². The van der Waals surface area contributed by atoms with Gasteiger partial charge in [-0.15, -0.1) is 5.10 Å². The van der Waals surface area contributed by atoms with Gasteiger partial charge in [0.25, 0.3) is 0 Å². The number of hydrogen-bond donors (Lipinski definition) is 3. The van der Waals surface area contributed by atoms with Crippen LogP contribution in [0, 0.1) is 5.82 Å². The van der Waals surface area contributed by atoms with E-state index in [9.17, 15) is 4.39 Å². The van der Waals surface area contributed by atoms with Crippen molar-refractivity contribution < 1.29 is 9.13 Å². The van der Waals surface area contributed by atoms with Gasteiger partial charge in [-0.2, -0.15) is 4.79 Å².